The summed E-state index contributed by atoms with van der Waals surface area (Å²) in [4.78, 5) is 53.7. The molecule has 0 bridgehead atoms. The number of ether oxygens (including phenoxy) is 3. The minimum Gasteiger partial charge on any atom is -0.461 e. The number of nitrogens with zero attached hydrogens (tertiary/aromatic N) is 1. The maximum absolute atomic E-state index is 13.5. The van der Waals surface area contributed by atoms with Gasteiger partial charge in [0, 0.05) is 12.3 Å². The summed E-state index contributed by atoms with van der Waals surface area (Å²) in [6, 6.07) is 24.0. The Labute approximate surface area is 263 Å². The highest BCUT2D eigenvalue weighted by atomic mass is 16.6. The standard InChI is InChI=1S/C35H39N3O7/c1-23(45-35(2,3)4)32(33(41)37-30(36-22-39)18-19-31(40)43-20-24-12-6-5-7-13-24)38-34(42)44-21-29-27-16-10-8-14-25(27)26-15-9-11-17-28(26)29/h5-17,23,29-30,32H,18-21H2,1-4H3,(H,37,41)(H,38,42)/t23-,30+,32+/m1/s1. The Hall–Kier alpha value is -4.79. The molecule has 0 radical (unpaired) electrons. The van der Waals surface area contributed by atoms with Crippen molar-refractivity contribution in [3.05, 3.63) is 95.6 Å². The summed E-state index contributed by atoms with van der Waals surface area (Å²) in [6.45, 7) is 7.29. The van der Waals surface area contributed by atoms with Crippen LogP contribution in [0.5, 0.6) is 0 Å². The molecule has 0 aliphatic heterocycles. The molecule has 0 spiro atoms. The van der Waals surface area contributed by atoms with Crippen LogP contribution >= 0.6 is 0 Å². The van der Waals surface area contributed by atoms with Crippen LogP contribution < -0.4 is 10.6 Å². The molecule has 0 unspecified atom stereocenters. The first-order chi connectivity index (χ1) is 21.6. The van der Waals surface area contributed by atoms with Crippen molar-refractivity contribution in [1.82, 2.24) is 10.6 Å². The van der Waals surface area contributed by atoms with Gasteiger partial charge in [-0.05, 0) is 61.9 Å². The summed E-state index contributed by atoms with van der Waals surface area (Å²) in [6.07, 6.45) is -1.36. The number of carbonyl (C=O) groups is 3. The van der Waals surface area contributed by atoms with Crippen molar-refractivity contribution in [3.8, 4) is 11.1 Å². The molecule has 0 fully saturated rings. The van der Waals surface area contributed by atoms with Gasteiger partial charge < -0.3 is 24.8 Å². The largest absolute Gasteiger partial charge is 0.461 e. The monoisotopic (exact) mass is 613 g/mol. The van der Waals surface area contributed by atoms with Gasteiger partial charge in [-0.3, -0.25) is 9.59 Å². The zero-order chi connectivity index (χ0) is 32.4. The van der Waals surface area contributed by atoms with E-state index in [1.165, 1.54) is 6.08 Å². The Balaban J connectivity index is 1.39. The number of hydrogen-bond acceptors (Lipinski definition) is 8. The average molecular weight is 614 g/mol. The van der Waals surface area contributed by atoms with E-state index in [4.69, 9.17) is 14.2 Å². The normalized spacial score (nSPS) is 14.1. The van der Waals surface area contributed by atoms with Crippen LogP contribution in [-0.2, 0) is 35.2 Å². The average Bonchev–Trinajstić information content (AvgIpc) is 3.33. The molecule has 0 saturated heterocycles. The van der Waals surface area contributed by atoms with Crippen LogP contribution in [-0.4, -0.2) is 54.6 Å². The Bertz CT molecular complexity index is 1480. The molecule has 1 aliphatic carbocycles. The second-order valence-electron chi connectivity index (χ2n) is 11.8. The van der Waals surface area contributed by atoms with Crippen LogP contribution in [0.2, 0.25) is 0 Å². The predicted molar refractivity (Wildman–Crippen MR) is 168 cm³/mol. The molecule has 236 valence electrons. The zero-order valence-electron chi connectivity index (χ0n) is 25.9. The molecule has 2 amide bonds. The number of hydrogen-bond donors (Lipinski definition) is 2. The predicted octanol–water partition coefficient (Wildman–Crippen LogP) is 5.40. The van der Waals surface area contributed by atoms with Gasteiger partial charge in [0.25, 0.3) is 0 Å². The molecule has 4 rings (SSSR count). The maximum atomic E-state index is 13.5. The van der Waals surface area contributed by atoms with Crippen LogP contribution in [0.15, 0.2) is 83.9 Å². The molecule has 10 heteroatoms. The topological polar surface area (TPSA) is 132 Å². The summed E-state index contributed by atoms with van der Waals surface area (Å²) in [7, 11) is 0. The van der Waals surface area contributed by atoms with E-state index in [1.54, 1.807) is 6.92 Å². The van der Waals surface area contributed by atoms with E-state index in [0.29, 0.717) is 0 Å². The fraction of sp³-hybridized carbons (Fsp3) is 0.371. The molecule has 3 aromatic rings. The lowest BCUT2D eigenvalue weighted by Crippen LogP contribution is -2.56. The summed E-state index contributed by atoms with van der Waals surface area (Å²) < 4.78 is 16.9. The first kappa shape index (κ1) is 33.1. The summed E-state index contributed by atoms with van der Waals surface area (Å²) in [5.74, 6) is -1.34. The number of nitrogens with one attached hydrogen (secondary N) is 2. The Morgan fingerprint density at radius 3 is 2.07 bits per heavy atom. The van der Waals surface area contributed by atoms with Gasteiger partial charge in [-0.15, -0.1) is 0 Å². The summed E-state index contributed by atoms with van der Waals surface area (Å²) in [5, 5.41) is 5.25. The third kappa shape index (κ3) is 9.35. The van der Waals surface area contributed by atoms with Crippen molar-refractivity contribution in [3.63, 3.8) is 0 Å². The van der Waals surface area contributed by atoms with E-state index >= 15 is 0 Å². The summed E-state index contributed by atoms with van der Waals surface area (Å²) in [5.41, 5.74) is 4.50. The minimum atomic E-state index is -1.20. The molecule has 45 heavy (non-hydrogen) atoms. The number of esters is 1. The highest BCUT2D eigenvalue weighted by molar-refractivity contribution is 5.86. The second kappa shape index (κ2) is 15.3. The van der Waals surface area contributed by atoms with Crippen LogP contribution in [0, 0.1) is 0 Å². The Morgan fingerprint density at radius 1 is 0.867 bits per heavy atom. The van der Waals surface area contributed by atoms with Gasteiger partial charge in [0.15, 0.2) is 0 Å². The highest BCUT2D eigenvalue weighted by Crippen LogP contribution is 2.44. The van der Waals surface area contributed by atoms with Crippen molar-refractivity contribution in [2.24, 2.45) is 4.99 Å². The molecular formula is C35H39N3O7. The van der Waals surface area contributed by atoms with Gasteiger partial charge in [-0.2, -0.15) is 4.99 Å². The van der Waals surface area contributed by atoms with E-state index in [2.05, 4.69) is 15.6 Å². The molecule has 10 nitrogen and oxygen atoms in total. The van der Waals surface area contributed by atoms with E-state index in [-0.39, 0.29) is 32.0 Å². The Morgan fingerprint density at radius 2 is 1.47 bits per heavy atom. The Kier molecular flexibility index (Phi) is 11.2. The highest BCUT2D eigenvalue weighted by Gasteiger charge is 2.34. The molecule has 0 heterocycles. The molecule has 1 aliphatic rings. The van der Waals surface area contributed by atoms with Crippen molar-refractivity contribution in [1.29, 1.82) is 0 Å². The number of carbonyl (C=O) groups excluding carboxylic acids is 4. The van der Waals surface area contributed by atoms with E-state index in [9.17, 15) is 19.2 Å². The van der Waals surface area contributed by atoms with Gasteiger partial charge in [-0.1, -0.05) is 78.9 Å². The van der Waals surface area contributed by atoms with Crippen LogP contribution in [0.25, 0.3) is 11.1 Å². The van der Waals surface area contributed by atoms with Crippen molar-refractivity contribution in [2.75, 3.05) is 6.61 Å². The number of isocyanates is 1. The van der Waals surface area contributed by atoms with Crippen LogP contribution in [0.1, 0.15) is 63.1 Å². The smallest absolute Gasteiger partial charge is 0.407 e. The first-order valence-electron chi connectivity index (χ1n) is 14.9. The summed E-state index contributed by atoms with van der Waals surface area (Å²) >= 11 is 0. The maximum Gasteiger partial charge on any atom is 0.407 e. The fourth-order valence-corrected chi connectivity index (χ4v) is 5.34. The lowest BCUT2D eigenvalue weighted by molar-refractivity contribution is -0.145. The number of fused-ring (bicyclic) bond motifs is 3. The lowest BCUT2D eigenvalue weighted by atomic mass is 9.98. The molecule has 3 aromatic carbocycles. The van der Waals surface area contributed by atoms with Crippen molar-refractivity contribution < 1.29 is 33.4 Å². The minimum absolute atomic E-state index is 0.0131. The van der Waals surface area contributed by atoms with Crippen LogP contribution in [0.4, 0.5) is 4.79 Å². The van der Waals surface area contributed by atoms with Gasteiger partial charge in [-0.25, -0.2) is 9.59 Å². The molecule has 3 atom stereocenters. The van der Waals surface area contributed by atoms with E-state index in [0.717, 1.165) is 27.8 Å². The fourth-order valence-electron chi connectivity index (χ4n) is 5.34. The first-order valence-corrected chi connectivity index (χ1v) is 14.9. The van der Waals surface area contributed by atoms with Crippen molar-refractivity contribution >= 4 is 24.0 Å². The number of benzene rings is 3. The van der Waals surface area contributed by atoms with E-state index in [1.807, 2.05) is 99.6 Å². The second-order valence-corrected chi connectivity index (χ2v) is 11.8. The van der Waals surface area contributed by atoms with Crippen LogP contribution in [0.3, 0.4) is 0 Å². The lowest BCUT2D eigenvalue weighted by Gasteiger charge is -2.31. The van der Waals surface area contributed by atoms with Gasteiger partial charge in [0.2, 0.25) is 12.0 Å². The molecule has 0 saturated carbocycles. The molecule has 2 N–H and O–H groups in total. The molecular weight excluding hydrogens is 574 g/mol. The van der Waals surface area contributed by atoms with Crippen molar-refractivity contribution in [2.45, 2.75) is 77.0 Å². The van der Waals surface area contributed by atoms with Gasteiger partial charge in [0.1, 0.15) is 25.4 Å². The van der Waals surface area contributed by atoms with Gasteiger partial charge >= 0.3 is 12.1 Å². The number of alkyl carbamates (subject to hydrolysis) is 1. The number of amides is 2. The molecule has 0 aromatic heterocycles. The zero-order valence-corrected chi connectivity index (χ0v) is 25.9. The SMILES string of the molecule is C[C@@H](OC(C)(C)C)[C@H](NC(=O)OCC1c2ccccc2-c2ccccc21)C(=O)N[C@@H](CCC(=O)OCc1ccccc1)N=C=O. The number of aliphatic imine (C=N–C) groups is 1. The van der Waals surface area contributed by atoms with E-state index < -0.39 is 41.9 Å². The van der Waals surface area contributed by atoms with Gasteiger partial charge in [0.05, 0.1) is 11.7 Å². The third-order valence-electron chi connectivity index (χ3n) is 7.29. The quantitative estimate of drug-likeness (QED) is 0.150. The number of rotatable bonds is 13. The third-order valence-corrected chi connectivity index (χ3v) is 7.29.